The van der Waals surface area contributed by atoms with Crippen molar-refractivity contribution in [2.24, 2.45) is 5.73 Å². The molecule has 0 bridgehead atoms. The van der Waals surface area contributed by atoms with Crippen molar-refractivity contribution in [1.29, 1.82) is 0 Å². The molecule has 0 fully saturated rings. The molecule has 2 aromatic carbocycles. The highest BCUT2D eigenvalue weighted by atomic mass is 19.1. The van der Waals surface area contributed by atoms with Crippen LogP contribution in [0.2, 0.25) is 0 Å². The fraction of sp³-hybridized carbons (Fsp3) is 0.294. The number of benzene rings is 2. The Hall–Kier alpha value is -2.07. The summed E-state index contributed by atoms with van der Waals surface area (Å²) in [7, 11) is 0. The first-order valence-electron chi connectivity index (χ1n) is 7.11. The first kappa shape index (κ1) is 13.9. The monoisotopic (exact) mass is 287 g/mol. The van der Waals surface area contributed by atoms with Gasteiger partial charge in [0.05, 0.1) is 13.2 Å². The van der Waals surface area contributed by atoms with Crippen LogP contribution in [0.3, 0.4) is 0 Å². The molecule has 4 heteroatoms. The first-order chi connectivity index (χ1) is 10.3. The summed E-state index contributed by atoms with van der Waals surface area (Å²) in [5.41, 5.74) is 7.17. The molecule has 1 unspecified atom stereocenters. The SMILES string of the molecule is NCc1c(F)cccc1OCC1CCOc2ccccc21. The zero-order chi connectivity index (χ0) is 14.7. The minimum absolute atomic E-state index is 0.131. The summed E-state index contributed by atoms with van der Waals surface area (Å²) in [6.07, 6.45) is 0.893. The highest BCUT2D eigenvalue weighted by Crippen LogP contribution is 2.34. The third-order valence-corrected chi connectivity index (χ3v) is 3.80. The Kier molecular flexibility index (Phi) is 4.06. The zero-order valence-electron chi connectivity index (χ0n) is 11.7. The molecule has 2 N–H and O–H groups in total. The van der Waals surface area contributed by atoms with Gasteiger partial charge in [-0.2, -0.15) is 0 Å². The highest BCUT2D eigenvalue weighted by molar-refractivity contribution is 5.38. The van der Waals surface area contributed by atoms with Crippen molar-refractivity contribution >= 4 is 0 Å². The third-order valence-electron chi connectivity index (χ3n) is 3.80. The van der Waals surface area contributed by atoms with Gasteiger partial charge in [-0.25, -0.2) is 4.39 Å². The molecule has 0 saturated carbocycles. The lowest BCUT2D eigenvalue weighted by Crippen LogP contribution is -2.20. The quantitative estimate of drug-likeness (QED) is 0.939. The van der Waals surface area contributed by atoms with Crippen LogP contribution >= 0.6 is 0 Å². The Labute approximate surface area is 123 Å². The number of hydrogen-bond donors (Lipinski definition) is 1. The molecule has 1 atom stereocenters. The van der Waals surface area contributed by atoms with E-state index in [0.717, 1.165) is 17.7 Å². The molecule has 0 radical (unpaired) electrons. The van der Waals surface area contributed by atoms with Crippen molar-refractivity contribution in [2.45, 2.75) is 18.9 Å². The number of halogens is 1. The second-order valence-electron chi connectivity index (χ2n) is 5.10. The zero-order valence-corrected chi connectivity index (χ0v) is 11.7. The van der Waals surface area contributed by atoms with E-state index in [1.165, 1.54) is 6.07 Å². The molecule has 1 aliphatic heterocycles. The van der Waals surface area contributed by atoms with Crippen molar-refractivity contribution < 1.29 is 13.9 Å². The van der Waals surface area contributed by atoms with E-state index < -0.39 is 0 Å². The molecule has 1 aliphatic rings. The predicted octanol–water partition coefficient (Wildman–Crippen LogP) is 3.23. The number of para-hydroxylation sites is 1. The summed E-state index contributed by atoms with van der Waals surface area (Å²) in [6.45, 7) is 1.31. The Bertz CT molecular complexity index is 630. The van der Waals surface area contributed by atoms with E-state index in [4.69, 9.17) is 15.2 Å². The van der Waals surface area contributed by atoms with E-state index in [9.17, 15) is 4.39 Å². The Morgan fingerprint density at radius 3 is 2.90 bits per heavy atom. The van der Waals surface area contributed by atoms with E-state index in [2.05, 4.69) is 6.07 Å². The van der Waals surface area contributed by atoms with Gasteiger partial charge in [-0.05, 0) is 24.6 Å². The molecular weight excluding hydrogens is 269 g/mol. The van der Waals surface area contributed by atoms with E-state index in [1.807, 2.05) is 18.2 Å². The van der Waals surface area contributed by atoms with Gasteiger partial charge in [0.15, 0.2) is 0 Å². The lowest BCUT2D eigenvalue weighted by atomic mass is 9.94. The largest absolute Gasteiger partial charge is 0.493 e. The minimum atomic E-state index is -0.317. The fourth-order valence-corrected chi connectivity index (χ4v) is 2.65. The highest BCUT2D eigenvalue weighted by Gasteiger charge is 2.22. The average molecular weight is 287 g/mol. The summed E-state index contributed by atoms with van der Waals surface area (Å²) in [5, 5.41) is 0. The number of nitrogens with two attached hydrogens (primary N) is 1. The third kappa shape index (κ3) is 2.85. The summed E-state index contributed by atoms with van der Waals surface area (Å²) < 4.78 is 25.1. The van der Waals surface area contributed by atoms with Crippen LogP contribution in [0.5, 0.6) is 11.5 Å². The summed E-state index contributed by atoms with van der Waals surface area (Å²) in [4.78, 5) is 0. The second-order valence-corrected chi connectivity index (χ2v) is 5.10. The van der Waals surface area contributed by atoms with Crippen LogP contribution in [-0.4, -0.2) is 13.2 Å². The van der Waals surface area contributed by atoms with Crippen molar-refractivity contribution in [3.8, 4) is 11.5 Å². The fourth-order valence-electron chi connectivity index (χ4n) is 2.65. The lowest BCUT2D eigenvalue weighted by molar-refractivity contribution is 0.216. The van der Waals surface area contributed by atoms with E-state index in [-0.39, 0.29) is 18.3 Å². The van der Waals surface area contributed by atoms with Gasteiger partial charge in [0.2, 0.25) is 0 Å². The molecule has 1 heterocycles. The molecule has 0 aliphatic carbocycles. The van der Waals surface area contributed by atoms with Crippen LogP contribution in [-0.2, 0) is 6.54 Å². The van der Waals surface area contributed by atoms with Gasteiger partial charge in [-0.1, -0.05) is 24.3 Å². The molecule has 0 aromatic heterocycles. The van der Waals surface area contributed by atoms with Gasteiger partial charge in [0.1, 0.15) is 17.3 Å². The van der Waals surface area contributed by atoms with Crippen LogP contribution in [0.25, 0.3) is 0 Å². The number of hydrogen-bond acceptors (Lipinski definition) is 3. The smallest absolute Gasteiger partial charge is 0.131 e. The Balaban J connectivity index is 1.76. The topological polar surface area (TPSA) is 44.5 Å². The molecule has 2 aromatic rings. The van der Waals surface area contributed by atoms with Gasteiger partial charge < -0.3 is 15.2 Å². The molecule has 3 rings (SSSR count). The number of rotatable bonds is 4. The molecule has 110 valence electrons. The number of fused-ring (bicyclic) bond motifs is 1. The van der Waals surface area contributed by atoms with Gasteiger partial charge in [0, 0.05) is 23.6 Å². The molecular formula is C17H18FNO2. The van der Waals surface area contributed by atoms with Crippen molar-refractivity contribution in [2.75, 3.05) is 13.2 Å². The van der Waals surface area contributed by atoms with Crippen LogP contribution in [0.1, 0.15) is 23.5 Å². The maximum absolute atomic E-state index is 13.7. The standard InChI is InChI=1S/C17H18FNO2/c18-15-5-3-7-17(14(15)10-19)21-11-12-8-9-20-16-6-2-1-4-13(12)16/h1-7,12H,8-11,19H2. The van der Waals surface area contributed by atoms with Crippen molar-refractivity contribution in [3.63, 3.8) is 0 Å². The maximum Gasteiger partial charge on any atom is 0.131 e. The van der Waals surface area contributed by atoms with Crippen molar-refractivity contribution in [3.05, 3.63) is 59.4 Å². The molecule has 0 spiro atoms. The van der Waals surface area contributed by atoms with Gasteiger partial charge >= 0.3 is 0 Å². The Morgan fingerprint density at radius 1 is 1.19 bits per heavy atom. The molecule has 21 heavy (non-hydrogen) atoms. The normalized spacial score (nSPS) is 17.0. The minimum Gasteiger partial charge on any atom is -0.493 e. The van der Waals surface area contributed by atoms with Gasteiger partial charge in [-0.3, -0.25) is 0 Å². The summed E-state index contributed by atoms with van der Waals surface area (Å²) in [6, 6.07) is 12.8. The van der Waals surface area contributed by atoms with Gasteiger partial charge in [0.25, 0.3) is 0 Å². The van der Waals surface area contributed by atoms with Crippen LogP contribution in [0.15, 0.2) is 42.5 Å². The van der Waals surface area contributed by atoms with Crippen molar-refractivity contribution in [1.82, 2.24) is 0 Å². The molecule has 0 saturated heterocycles. The van der Waals surface area contributed by atoms with E-state index in [1.54, 1.807) is 12.1 Å². The van der Waals surface area contributed by atoms with Crippen LogP contribution < -0.4 is 15.2 Å². The average Bonchev–Trinajstić information content (AvgIpc) is 2.53. The first-order valence-corrected chi connectivity index (χ1v) is 7.11. The van der Waals surface area contributed by atoms with E-state index >= 15 is 0 Å². The molecule has 0 amide bonds. The second kappa shape index (κ2) is 6.14. The summed E-state index contributed by atoms with van der Waals surface area (Å²) >= 11 is 0. The number of ether oxygens (including phenoxy) is 2. The van der Waals surface area contributed by atoms with Crippen LogP contribution in [0, 0.1) is 5.82 Å². The van der Waals surface area contributed by atoms with E-state index in [0.29, 0.717) is 24.5 Å². The Morgan fingerprint density at radius 2 is 2.05 bits per heavy atom. The molecule has 3 nitrogen and oxygen atoms in total. The lowest BCUT2D eigenvalue weighted by Gasteiger charge is -2.26. The van der Waals surface area contributed by atoms with Gasteiger partial charge in [-0.15, -0.1) is 0 Å². The summed E-state index contributed by atoms with van der Waals surface area (Å²) in [5.74, 6) is 1.38. The maximum atomic E-state index is 13.7. The predicted molar refractivity (Wildman–Crippen MR) is 79.1 cm³/mol. The van der Waals surface area contributed by atoms with Crippen LogP contribution in [0.4, 0.5) is 4.39 Å².